The van der Waals surface area contributed by atoms with Gasteiger partial charge in [-0.05, 0) is 20.3 Å². The minimum Gasteiger partial charge on any atom is -0.465 e. The Labute approximate surface area is 67.2 Å². The zero-order chi connectivity index (χ0) is 8.69. The van der Waals surface area contributed by atoms with E-state index >= 15 is 0 Å². The third-order valence-corrected chi connectivity index (χ3v) is 1.22. The van der Waals surface area contributed by atoms with E-state index in [2.05, 4.69) is 0 Å². The number of carbonyl (C=O) groups is 1. The standard InChI is InChI=1S/C8H15NO2/c1-3-5-6-7(9)8(10)11-4-2/h3,5,7H,4,6,9H2,1-2H3/b5-3+/t7-/m0/s1. The summed E-state index contributed by atoms with van der Waals surface area (Å²) >= 11 is 0. The van der Waals surface area contributed by atoms with E-state index in [1.165, 1.54) is 0 Å². The fraction of sp³-hybridized carbons (Fsp3) is 0.625. The normalized spacial score (nSPS) is 13.4. The number of hydrogen-bond donors (Lipinski definition) is 1. The molecule has 0 aliphatic carbocycles. The highest BCUT2D eigenvalue weighted by molar-refractivity contribution is 5.75. The first kappa shape index (κ1) is 10.2. The van der Waals surface area contributed by atoms with Gasteiger partial charge in [-0.25, -0.2) is 0 Å². The second-order valence-corrected chi connectivity index (χ2v) is 2.16. The lowest BCUT2D eigenvalue weighted by Gasteiger charge is -2.06. The fourth-order valence-electron chi connectivity index (χ4n) is 0.628. The van der Waals surface area contributed by atoms with Crippen LogP contribution in [0, 0.1) is 0 Å². The van der Waals surface area contributed by atoms with Crippen molar-refractivity contribution in [1.29, 1.82) is 0 Å². The van der Waals surface area contributed by atoms with Gasteiger partial charge in [0.05, 0.1) is 6.61 Å². The molecule has 0 aliphatic rings. The largest absolute Gasteiger partial charge is 0.465 e. The van der Waals surface area contributed by atoms with Crippen molar-refractivity contribution in [3.63, 3.8) is 0 Å². The van der Waals surface area contributed by atoms with E-state index in [0.29, 0.717) is 13.0 Å². The van der Waals surface area contributed by atoms with Crippen molar-refractivity contribution < 1.29 is 9.53 Å². The molecule has 0 radical (unpaired) electrons. The molecule has 64 valence electrons. The van der Waals surface area contributed by atoms with Gasteiger partial charge in [-0.2, -0.15) is 0 Å². The van der Waals surface area contributed by atoms with Gasteiger partial charge in [0.15, 0.2) is 0 Å². The number of allylic oxidation sites excluding steroid dienone is 1. The van der Waals surface area contributed by atoms with E-state index < -0.39 is 6.04 Å². The molecule has 0 saturated heterocycles. The molecule has 0 amide bonds. The van der Waals surface area contributed by atoms with Crippen LogP contribution in [0.5, 0.6) is 0 Å². The Morgan fingerprint density at radius 1 is 1.73 bits per heavy atom. The first-order chi connectivity index (χ1) is 5.22. The highest BCUT2D eigenvalue weighted by atomic mass is 16.5. The van der Waals surface area contributed by atoms with Crippen molar-refractivity contribution >= 4 is 5.97 Å². The van der Waals surface area contributed by atoms with Gasteiger partial charge >= 0.3 is 5.97 Å². The summed E-state index contributed by atoms with van der Waals surface area (Å²) in [7, 11) is 0. The van der Waals surface area contributed by atoms with E-state index in [0.717, 1.165) is 0 Å². The SMILES string of the molecule is C/C=C/C[C@H](N)C(=O)OCC. The number of nitrogens with two attached hydrogens (primary N) is 1. The number of hydrogen-bond acceptors (Lipinski definition) is 3. The number of esters is 1. The third-order valence-electron chi connectivity index (χ3n) is 1.22. The minimum atomic E-state index is -0.508. The van der Waals surface area contributed by atoms with Crippen LogP contribution in [-0.4, -0.2) is 18.6 Å². The van der Waals surface area contributed by atoms with Gasteiger partial charge in [-0.1, -0.05) is 12.2 Å². The van der Waals surface area contributed by atoms with Crippen molar-refractivity contribution in [2.24, 2.45) is 5.73 Å². The van der Waals surface area contributed by atoms with Crippen LogP contribution in [0.15, 0.2) is 12.2 Å². The second-order valence-electron chi connectivity index (χ2n) is 2.16. The highest BCUT2D eigenvalue weighted by Gasteiger charge is 2.11. The van der Waals surface area contributed by atoms with Crippen LogP contribution in [0.3, 0.4) is 0 Å². The Hall–Kier alpha value is -0.830. The van der Waals surface area contributed by atoms with Crippen molar-refractivity contribution in [3.05, 3.63) is 12.2 Å². The molecule has 0 rings (SSSR count). The predicted molar refractivity (Wildman–Crippen MR) is 44.0 cm³/mol. The highest BCUT2D eigenvalue weighted by Crippen LogP contribution is 1.93. The van der Waals surface area contributed by atoms with Crippen LogP contribution in [0.1, 0.15) is 20.3 Å². The predicted octanol–water partition coefficient (Wildman–Crippen LogP) is 0.843. The maximum Gasteiger partial charge on any atom is 0.323 e. The monoisotopic (exact) mass is 157 g/mol. The summed E-state index contributed by atoms with van der Waals surface area (Å²) in [6.07, 6.45) is 4.26. The maximum atomic E-state index is 10.9. The summed E-state index contributed by atoms with van der Waals surface area (Å²) in [6, 6.07) is -0.508. The Kier molecular flexibility index (Phi) is 5.47. The maximum absolute atomic E-state index is 10.9. The lowest BCUT2D eigenvalue weighted by molar-refractivity contribution is -0.144. The van der Waals surface area contributed by atoms with Crippen LogP contribution < -0.4 is 5.73 Å². The summed E-state index contributed by atoms with van der Waals surface area (Å²) in [5, 5.41) is 0. The van der Waals surface area contributed by atoms with Gasteiger partial charge in [-0.15, -0.1) is 0 Å². The molecule has 0 saturated carbocycles. The number of ether oxygens (including phenoxy) is 1. The fourth-order valence-corrected chi connectivity index (χ4v) is 0.628. The van der Waals surface area contributed by atoms with Gasteiger partial charge < -0.3 is 10.5 Å². The first-order valence-electron chi connectivity index (χ1n) is 3.75. The quantitative estimate of drug-likeness (QED) is 0.486. The zero-order valence-electron chi connectivity index (χ0n) is 7.04. The molecule has 3 nitrogen and oxygen atoms in total. The van der Waals surface area contributed by atoms with E-state index in [1.54, 1.807) is 6.92 Å². The van der Waals surface area contributed by atoms with Gasteiger partial charge in [0, 0.05) is 0 Å². The molecule has 0 aromatic rings. The summed E-state index contributed by atoms with van der Waals surface area (Å²) in [5.41, 5.74) is 5.46. The smallest absolute Gasteiger partial charge is 0.323 e. The molecule has 0 unspecified atom stereocenters. The Bertz CT molecular complexity index is 143. The third kappa shape index (κ3) is 4.56. The van der Waals surface area contributed by atoms with E-state index in [9.17, 15) is 4.79 Å². The molecule has 0 bridgehead atoms. The van der Waals surface area contributed by atoms with Gasteiger partial charge in [0.25, 0.3) is 0 Å². The van der Waals surface area contributed by atoms with Gasteiger partial charge in [0.1, 0.15) is 6.04 Å². The molecule has 0 spiro atoms. The van der Waals surface area contributed by atoms with Crippen LogP contribution in [0.2, 0.25) is 0 Å². The van der Waals surface area contributed by atoms with E-state index in [-0.39, 0.29) is 5.97 Å². The van der Waals surface area contributed by atoms with Gasteiger partial charge in [0.2, 0.25) is 0 Å². The van der Waals surface area contributed by atoms with Crippen LogP contribution in [0.4, 0.5) is 0 Å². The van der Waals surface area contributed by atoms with Crippen LogP contribution >= 0.6 is 0 Å². The van der Waals surface area contributed by atoms with E-state index in [1.807, 2.05) is 19.1 Å². The Morgan fingerprint density at radius 2 is 2.36 bits per heavy atom. The molecule has 1 atom stereocenters. The lowest BCUT2D eigenvalue weighted by atomic mass is 10.2. The van der Waals surface area contributed by atoms with Crippen molar-refractivity contribution in [2.75, 3.05) is 6.61 Å². The molecule has 3 heteroatoms. The Balaban J connectivity index is 3.63. The van der Waals surface area contributed by atoms with Crippen LogP contribution in [-0.2, 0) is 9.53 Å². The second kappa shape index (κ2) is 5.92. The molecule has 0 aromatic heterocycles. The lowest BCUT2D eigenvalue weighted by Crippen LogP contribution is -2.31. The summed E-state index contributed by atoms with van der Waals surface area (Å²) < 4.78 is 4.70. The molecule has 0 heterocycles. The summed E-state index contributed by atoms with van der Waals surface area (Å²) in [6.45, 7) is 4.04. The molecule has 0 aliphatic heterocycles. The van der Waals surface area contributed by atoms with E-state index in [4.69, 9.17) is 10.5 Å². The first-order valence-corrected chi connectivity index (χ1v) is 3.75. The molecular weight excluding hydrogens is 142 g/mol. The molecule has 0 fully saturated rings. The Morgan fingerprint density at radius 3 is 2.82 bits per heavy atom. The van der Waals surface area contributed by atoms with Crippen LogP contribution in [0.25, 0.3) is 0 Å². The van der Waals surface area contributed by atoms with Gasteiger partial charge in [-0.3, -0.25) is 4.79 Å². The van der Waals surface area contributed by atoms with Crippen molar-refractivity contribution in [2.45, 2.75) is 26.3 Å². The topological polar surface area (TPSA) is 52.3 Å². The summed E-state index contributed by atoms with van der Waals surface area (Å²) in [5.74, 6) is -0.328. The molecular formula is C8H15NO2. The minimum absolute atomic E-state index is 0.328. The molecule has 11 heavy (non-hydrogen) atoms. The van der Waals surface area contributed by atoms with Crippen molar-refractivity contribution in [3.8, 4) is 0 Å². The zero-order valence-corrected chi connectivity index (χ0v) is 7.04. The number of rotatable bonds is 4. The molecule has 0 aromatic carbocycles. The average molecular weight is 157 g/mol. The van der Waals surface area contributed by atoms with Crippen molar-refractivity contribution in [1.82, 2.24) is 0 Å². The summed E-state index contributed by atoms with van der Waals surface area (Å²) in [4.78, 5) is 10.9. The number of carbonyl (C=O) groups excluding carboxylic acids is 1. The average Bonchev–Trinajstić information content (AvgIpc) is 2.00. The molecule has 2 N–H and O–H groups in total.